The van der Waals surface area contributed by atoms with Crippen LogP contribution in [0.5, 0.6) is 0 Å². The molecule has 2 N–H and O–H groups in total. The van der Waals surface area contributed by atoms with Crippen molar-refractivity contribution in [1.29, 1.82) is 0 Å². The van der Waals surface area contributed by atoms with Gasteiger partial charge in [-0.25, -0.2) is 4.39 Å². The second kappa shape index (κ2) is 5.59. The van der Waals surface area contributed by atoms with Crippen molar-refractivity contribution in [2.75, 3.05) is 7.11 Å². The second-order valence-electron chi connectivity index (χ2n) is 5.94. The van der Waals surface area contributed by atoms with E-state index in [4.69, 9.17) is 10.5 Å². The lowest BCUT2D eigenvalue weighted by atomic mass is 9.73. The summed E-state index contributed by atoms with van der Waals surface area (Å²) in [5.74, 6) is 0.560. The lowest BCUT2D eigenvalue weighted by Crippen LogP contribution is -2.45. The molecule has 0 aliphatic heterocycles. The van der Waals surface area contributed by atoms with Crippen LogP contribution >= 0.6 is 0 Å². The van der Waals surface area contributed by atoms with E-state index < -0.39 is 0 Å². The van der Waals surface area contributed by atoms with E-state index in [9.17, 15) is 4.39 Å². The third-order valence-electron chi connectivity index (χ3n) is 4.64. The Kier molecular flexibility index (Phi) is 4.26. The number of hydrogen-bond acceptors (Lipinski definition) is 2. The van der Waals surface area contributed by atoms with Crippen molar-refractivity contribution in [3.63, 3.8) is 0 Å². The molecule has 0 aromatic heterocycles. The molecule has 0 heterocycles. The minimum atomic E-state index is -0.295. The van der Waals surface area contributed by atoms with Gasteiger partial charge in [0.05, 0.1) is 11.6 Å². The van der Waals surface area contributed by atoms with Crippen molar-refractivity contribution >= 4 is 0 Å². The van der Waals surface area contributed by atoms with E-state index in [0.29, 0.717) is 5.56 Å². The maximum absolute atomic E-state index is 13.4. The van der Waals surface area contributed by atoms with Gasteiger partial charge in [-0.3, -0.25) is 0 Å². The summed E-state index contributed by atoms with van der Waals surface area (Å²) in [5.41, 5.74) is 7.75. The van der Waals surface area contributed by atoms with E-state index in [0.717, 1.165) is 37.2 Å². The van der Waals surface area contributed by atoms with Gasteiger partial charge in [0.15, 0.2) is 0 Å². The predicted octanol–water partition coefficient (Wildman–Crippen LogP) is 3.73. The molecule has 3 heteroatoms. The highest BCUT2D eigenvalue weighted by molar-refractivity contribution is 5.28. The van der Waals surface area contributed by atoms with Crippen LogP contribution in [0, 0.1) is 18.7 Å². The highest BCUT2D eigenvalue weighted by Gasteiger charge is 2.40. The normalized spacial score (nSPS) is 29.2. The zero-order valence-electron chi connectivity index (χ0n) is 12.1. The van der Waals surface area contributed by atoms with Crippen LogP contribution in [0.3, 0.4) is 0 Å². The standard InChI is InChI=1S/C16H24FNO/c1-11-6-8-16(19-3,9-7-11)15(18)13-4-5-14(17)12(2)10-13/h4-5,10-11,15H,6-9,18H2,1-3H3. The van der Waals surface area contributed by atoms with Crippen LogP contribution in [-0.2, 0) is 4.74 Å². The Labute approximate surface area is 115 Å². The van der Waals surface area contributed by atoms with Crippen molar-refractivity contribution in [1.82, 2.24) is 0 Å². The lowest BCUT2D eigenvalue weighted by molar-refractivity contribution is -0.0672. The fraction of sp³-hybridized carbons (Fsp3) is 0.625. The quantitative estimate of drug-likeness (QED) is 0.903. The zero-order valence-corrected chi connectivity index (χ0v) is 12.1. The van der Waals surface area contributed by atoms with Crippen molar-refractivity contribution in [2.24, 2.45) is 11.7 Å². The maximum atomic E-state index is 13.4. The number of aryl methyl sites for hydroxylation is 1. The molecule has 1 atom stereocenters. The number of hydrogen-bond donors (Lipinski definition) is 1. The average Bonchev–Trinajstić information content (AvgIpc) is 2.42. The molecule has 0 bridgehead atoms. The highest BCUT2D eigenvalue weighted by atomic mass is 19.1. The minimum Gasteiger partial charge on any atom is -0.376 e. The second-order valence-corrected chi connectivity index (χ2v) is 5.94. The summed E-state index contributed by atoms with van der Waals surface area (Å²) in [7, 11) is 1.74. The largest absolute Gasteiger partial charge is 0.376 e. The molecule has 2 nitrogen and oxygen atoms in total. The van der Waals surface area contributed by atoms with E-state index in [1.807, 2.05) is 6.07 Å². The van der Waals surface area contributed by atoms with Crippen LogP contribution in [0.15, 0.2) is 18.2 Å². The summed E-state index contributed by atoms with van der Waals surface area (Å²) in [6.07, 6.45) is 4.23. The van der Waals surface area contributed by atoms with E-state index in [1.165, 1.54) is 6.07 Å². The first kappa shape index (κ1) is 14.5. The fourth-order valence-corrected chi connectivity index (χ4v) is 3.06. The van der Waals surface area contributed by atoms with Crippen molar-refractivity contribution < 1.29 is 9.13 Å². The first-order valence-electron chi connectivity index (χ1n) is 7.05. The summed E-state index contributed by atoms with van der Waals surface area (Å²) in [5, 5.41) is 0. The van der Waals surface area contributed by atoms with E-state index in [1.54, 1.807) is 20.1 Å². The van der Waals surface area contributed by atoms with Gasteiger partial charge in [0, 0.05) is 7.11 Å². The molecule has 1 unspecified atom stereocenters. The molecule has 0 spiro atoms. The van der Waals surface area contributed by atoms with Gasteiger partial charge in [-0.05, 0) is 55.7 Å². The Morgan fingerprint density at radius 2 is 2.00 bits per heavy atom. The van der Waals surface area contributed by atoms with Crippen molar-refractivity contribution in [2.45, 2.75) is 51.2 Å². The summed E-state index contributed by atoms with van der Waals surface area (Å²) in [4.78, 5) is 0. The van der Waals surface area contributed by atoms with Crippen LogP contribution < -0.4 is 5.73 Å². The van der Waals surface area contributed by atoms with Crippen molar-refractivity contribution in [3.8, 4) is 0 Å². The third kappa shape index (κ3) is 2.82. The van der Waals surface area contributed by atoms with Gasteiger partial charge >= 0.3 is 0 Å². The number of benzene rings is 1. The Morgan fingerprint density at radius 3 is 2.53 bits per heavy atom. The van der Waals surface area contributed by atoms with Crippen LogP contribution in [0.25, 0.3) is 0 Å². The summed E-state index contributed by atoms with van der Waals surface area (Å²) < 4.78 is 19.2. The third-order valence-corrected chi connectivity index (χ3v) is 4.64. The van der Waals surface area contributed by atoms with Gasteiger partial charge in [-0.15, -0.1) is 0 Å². The Bertz CT molecular complexity index is 438. The smallest absolute Gasteiger partial charge is 0.126 e. The molecular formula is C16H24FNO. The van der Waals surface area contributed by atoms with Gasteiger partial charge < -0.3 is 10.5 Å². The average molecular weight is 265 g/mol. The Balaban J connectivity index is 2.25. The van der Waals surface area contributed by atoms with Gasteiger partial charge in [0.1, 0.15) is 5.82 Å². The number of rotatable bonds is 3. The Hall–Kier alpha value is -0.930. The summed E-state index contributed by atoms with van der Waals surface area (Å²) >= 11 is 0. The van der Waals surface area contributed by atoms with Crippen LogP contribution in [0.2, 0.25) is 0 Å². The molecule has 1 aromatic rings. The van der Waals surface area contributed by atoms with Gasteiger partial charge in [0.2, 0.25) is 0 Å². The highest BCUT2D eigenvalue weighted by Crippen LogP contribution is 2.41. The summed E-state index contributed by atoms with van der Waals surface area (Å²) in [6.45, 7) is 4.04. The van der Waals surface area contributed by atoms with Crippen LogP contribution in [-0.4, -0.2) is 12.7 Å². The van der Waals surface area contributed by atoms with Gasteiger partial charge in [-0.1, -0.05) is 19.1 Å². The number of ether oxygens (including phenoxy) is 1. The van der Waals surface area contributed by atoms with Crippen LogP contribution in [0.4, 0.5) is 4.39 Å². The lowest BCUT2D eigenvalue weighted by Gasteiger charge is -2.42. The fourth-order valence-electron chi connectivity index (χ4n) is 3.06. The first-order chi connectivity index (χ1) is 8.98. The molecule has 0 saturated heterocycles. The molecule has 0 amide bonds. The number of methoxy groups -OCH3 is 1. The number of halogens is 1. The molecule has 19 heavy (non-hydrogen) atoms. The zero-order chi connectivity index (χ0) is 14.0. The molecular weight excluding hydrogens is 241 g/mol. The van der Waals surface area contributed by atoms with E-state index in [2.05, 4.69) is 6.92 Å². The SMILES string of the molecule is COC1(C(N)c2ccc(F)c(C)c2)CCC(C)CC1. The topological polar surface area (TPSA) is 35.2 Å². The molecule has 1 aliphatic rings. The van der Waals surface area contributed by atoms with Gasteiger partial charge in [-0.2, -0.15) is 0 Å². The molecule has 0 radical (unpaired) electrons. The summed E-state index contributed by atoms with van der Waals surface area (Å²) in [6, 6.07) is 4.94. The molecule has 2 rings (SSSR count). The molecule has 106 valence electrons. The van der Waals surface area contributed by atoms with E-state index >= 15 is 0 Å². The monoisotopic (exact) mass is 265 g/mol. The molecule has 1 aromatic carbocycles. The van der Waals surface area contributed by atoms with E-state index in [-0.39, 0.29) is 17.5 Å². The van der Waals surface area contributed by atoms with Crippen LogP contribution in [0.1, 0.15) is 49.8 Å². The molecule has 1 saturated carbocycles. The minimum absolute atomic E-state index is 0.181. The van der Waals surface area contributed by atoms with Crippen molar-refractivity contribution in [3.05, 3.63) is 35.1 Å². The Morgan fingerprint density at radius 1 is 1.37 bits per heavy atom. The molecule has 1 fully saturated rings. The predicted molar refractivity (Wildman–Crippen MR) is 75.4 cm³/mol. The van der Waals surface area contributed by atoms with Gasteiger partial charge in [0.25, 0.3) is 0 Å². The number of nitrogens with two attached hydrogens (primary N) is 1. The first-order valence-corrected chi connectivity index (χ1v) is 7.05. The maximum Gasteiger partial charge on any atom is 0.126 e. The molecule has 1 aliphatic carbocycles.